The first-order valence-electron chi connectivity index (χ1n) is 6.47. The lowest BCUT2D eigenvalue weighted by Gasteiger charge is -2.15. The molecule has 20 heavy (non-hydrogen) atoms. The summed E-state index contributed by atoms with van der Waals surface area (Å²) in [6.45, 7) is 2.38. The molecule has 0 heterocycles. The standard InChI is InChI=1S/C16H16BrF2N/c1-11(8-12-4-2-3-5-15(12)18)20-10-13-9-14(17)6-7-16(13)19/h2-7,9,11,20H,8,10H2,1H3. The Morgan fingerprint density at radius 2 is 1.75 bits per heavy atom. The van der Waals surface area contributed by atoms with Crippen molar-refractivity contribution in [1.82, 2.24) is 5.32 Å². The van der Waals surface area contributed by atoms with Gasteiger partial charge in [-0.3, -0.25) is 0 Å². The number of hydrogen-bond acceptors (Lipinski definition) is 1. The molecule has 0 aromatic heterocycles. The van der Waals surface area contributed by atoms with E-state index in [0.29, 0.717) is 24.1 Å². The first-order chi connectivity index (χ1) is 9.56. The van der Waals surface area contributed by atoms with E-state index in [1.165, 1.54) is 12.1 Å². The first kappa shape index (κ1) is 15.1. The van der Waals surface area contributed by atoms with Crippen LogP contribution in [0.2, 0.25) is 0 Å². The molecule has 0 spiro atoms. The molecule has 0 saturated carbocycles. The molecule has 2 rings (SSSR count). The molecule has 0 amide bonds. The van der Waals surface area contributed by atoms with Crippen LogP contribution in [0.4, 0.5) is 8.78 Å². The van der Waals surface area contributed by atoms with Crippen LogP contribution in [0, 0.1) is 11.6 Å². The fourth-order valence-electron chi connectivity index (χ4n) is 2.03. The van der Waals surface area contributed by atoms with Gasteiger partial charge in [-0.15, -0.1) is 0 Å². The lowest BCUT2D eigenvalue weighted by atomic mass is 10.1. The van der Waals surface area contributed by atoms with E-state index in [2.05, 4.69) is 21.2 Å². The number of hydrogen-bond donors (Lipinski definition) is 1. The summed E-state index contributed by atoms with van der Waals surface area (Å²) < 4.78 is 28.0. The van der Waals surface area contributed by atoms with E-state index in [0.717, 1.165) is 4.47 Å². The fourth-order valence-corrected chi connectivity index (χ4v) is 2.44. The Morgan fingerprint density at radius 3 is 2.50 bits per heavy atom. The number of halogens is 3. The highest BCUT2D eigenvalue weighted by Gasteiger charge is 2.09. The van der Waals surface area contributed by atoms with Crippen LogP contribution >= 0.6 is 15.9 Å². The minimum absolute atomic E-state index is 0.0604. The Morgan fingerprint density at radius 1 is 1.05 bits per heavy atom. The molecule has 1 atom stereocenters. The van der Waals surface area contributed by atoms with Gasteiger partial charge in [0.1, 0.15) is 11.6 Å². The van der Waals surface area contributed by atoms with Gasteiger partial charge in [0.2, 0.25) is 0 Å². The van der Waals surface area contributed by atoms with Crippen molar-refractivity contribution in [3.8, 4) is 0 Å². The summed E-state index contributed by atoms with van der Waals surface area (Å²) in [7, 11) is 0. The number of rotatable bonds is 5. The predicted octanol–water partition coefficient (Wildman–Crippen LogP) is 4.45. The van der Waals surface area contributed by atoms with Crippen LogP contribution in [0.3, 0.4) is 0 Å². The molecule has 0 bridgehead atoms. The molecule has 0 saturated heterocycles. The van der Waals surface area contributed by atoms with E-state index in [-0.39, 0.29) is 17.7 Å². The average molecular weight is 340 g/mol. The molecule has 2 aromatic carbocycles. The Kier molecular flexibility index (Phi) is 5.26. The van der Waals surface area contributed by atoms with Crippen LogP contribution in [0.15, 0.2) is 46.9 Å². The highest BCUT2D eigenvalue weighted by molar-refractivity contribution is 9.10. The third-order valence-corrected chi connectivity index (χ3v) is 3.63. The summed E-state index contributed by atoms with van der Waals surface area (Å²) in [6.07, 6.45) is 0.572. The van der Waals surface area contributed by atoms with Crippen molar-refractivity contribution < 1.29 is 8.78 Å². The normalized spacial score (nSPS) is 12.4. The van der Waals surface area contributed by atoms with Crippen LogP contribution in [0.1, 0.15) is 18.1 Å². The van der Waals surface area contributed by atoms with Gasteiger partial charge in [-0.1, -0.05) is 34.1 Å². The summed E-state index contributed by atoms with van der Waals surface area (Å²) in [5.74, 6) is -0.437. The van der Waals surface area contributed by atoms with Crippen molar-refractivity contribution in [3.63, 3.8) is 0 Å². The molecule has 0 aliphatic rings. The van der Waals surface area contributed by atoms with Gasteiger partial charge in [-0.25, -0.2) is 8.78 Å². The molecule has 0 aliphatic carbocycles. The zero-order valence-corrected chi connectivity index (χ0v) is 12.8. The molecule has 4 heteroatoms. The highest BCUT2D eigenvalue weighted by Crippen LogP contribution is 2.16. The minimum Gasteiger partial charge on any atom is -0.310 e. The van der Waals surface area contributed by atoms with Crippen LogP contribution < -0.4 is 5.32 Å². The molecule has 0 aliphatic heterocycles. The van der Waals surface area contributed by atoms with Gasteiger partial charge in [0.25, 0.3) is 0 Å². The van der Waals surface area contributed by atoms with Crippen molar-refractivity contribution in [2.45, 2.75) is 25.9 Å². The van der Waals surface area contributed by atoms with Crippen molar-refractivity contribution in [1.29, 1.82) is 0 Å². The topological polar surface area (TPSA) is 12.0 Å². The second-order valence-corrected chi connectivity index (χ2v) is 5.73. The van der Waals surface area contributed by atoms with Crippen molar-refractivity contribution in [2.75, 3.05) is 0 Å². The van der Waals surface area contributed by atoms with E-state index in [1.807, 2.05) is 13.0 Å². The monoisotopic (exact) mass is 339 g/mol. The Labute approximate surface area is 126 Å². The van der Waals surface area contributed by atoms with Gasteiger partial charge >= 0.3 is 0 Å². The lowest BCUT2D eigenvalue weighted by Crippen LogP contribution is -2.28. The fraction of sp³-hybridized carbons (Fsp3) is 0.250. The highest BCUT2D eigenvalue weighted by atomic mass is 79.9. The third-order valence-electron chi connectivity index (χ3n) is 3.13. The van der Waals surface area contributed by atoms with Crippen molar-refractivity contribution in [3.05, 3.63) is 69.7 Å². The minimum atomic E-state index is -0.237. The van der Waals surface area contributed by atoms with Crippen molar-refractivity contribution in [2.24, 2.45) is 0 Å². The van der Waals surface area contributed by atoms with Gasteiger partial charge < -0.3 is 5.32 Å². The molecule has 1 N–H and O–H groups in total. The van der Waals surface area contributed by atoms with Crippen LogP contribution in [-0.2, 0) is 13.0 Å². The van der Waals surface area contributed by atoms with Gasteiger partial charge in [0.05, 0.1) is 0 Å². The van der Waals surface area contributed by atoms with Crippen LogP contribution in [0.5, 0.6) is 0 Å². The molecule has 0 radical (unpaired) electrons. The SMILES string of the molecule is CC(Cc1ccccc1F)NCc1cc(Br)ccc1F. The third kappa shape index (κ3) is 4.12. The quantitative estimate of drug-likeness (QED) is 0.848. The van der Waals surface area contributed by atoms with Crippen LogP contribution in [0.25, 0.3) is 0 Å². The van der Waals surface area contributed by atoms with E-state index in [1.54, 1.807) is 24.3 Å². The van der Waals surface area contributed by atoms with Crippen molar-refractivity contribution >= 4 is 15.9 Å². The van der Waals surface area contributed by atoms with Gasteiger partial charge in [0.15, 0.2) is 0 Å². The largest absolute Gasteiger partial charge is 0.310 e. The van der Waals surface area contributed by atoms with E-state index in [9.17, 15) is 8.78 Å². The van der Waals surface area contributed by atoms with E-state index < -0.39 is 0 Å². The maximum atomic E-state index is 13.6. The van der Waals surface area contributed by atoms with Gasteiger partial charge in [-0.2, -0.15) is 0 Å². The predicted molar refractivity (Wildman–Crippen MR) is 80.5 cm³/mol. The Balaban J connectivity index is 1.94. The maximum absolute atomic E-state index is 13.6. The van der Waals surface area contributed by atoms with Gasteiger partial charge in [0, 0.05) is 22.6 Å². The molecule has 2 aromatic rings. The van der Waals surface area contributed by atoms with Gasteiger partial charge in [-0.05, 0) is 43.2 Å². The Hall–Kier alpha value is -1.26. The number of benzene rings is 2. The molecule has 0 fully saturated rings. The maximum Gasteiger partial charge on any atom is 0.127 e. The summed E-state index contributed by atoms with van der Waals surface area (Å²) >= 11 is 3.32. The molecule has 1 unspecified atom stereocenters. The molecular formula is C16H16BrF2N. The summed E-state index contributed by atoms with van der Waals surface area (Å²) in [4.78, 5) is 0. The summed E-state index contributed by atoms with van der Waals surface area (Å²) in [5, 5.41) is 3.22. The number of nitrogens with one attached hydrogen (secondary N) is 1. The molecular weight excluding hydrogens is 324 g/mol. The zero-order chi connectivity index (χ0) is 14.5. The molecule has 106 valence electrons. The molecule has 1 nitrogen and oxygen atoms in total. The second-order valence-electron chi connectivity index (χ2n) is 4.81. The summed E-state index contributed by atoms with van der Waals surface area (Å²) in [5.41, 5.74) is 1.27. The van der Waals surface area contributed by atoms with E-state index >= 15 is 0 Å². The Bertz CT molecular complexity index is 586. The second kappa shape index (κ2) is 6.95. The smallest absolute Gasteiger partial charge is 0.127 e. The first-order valence-corrected chi connectivity index (χ1v) is 7.26. The summed E-state index contributed by atoms with van der Waals surface area (Å²) in [6, 6.07) is 11.6. The zero-order valence-electron chi connectivity index (χ0n) is 11.2. The lowest BCUT2D eigenvalue weighted by molar-refractivity contribution is 0.512. The average Bonchev–Trinajstić information content (AvgIpc) is 2.42. The van der Waals surface area contributed by atoms with Crippen LogP contribution in [-0.4, -0.2) is 6.04 Å². The van der Waals surface area contributed by atoms with E-state index in [4.69, 9.17) is 0 Å².